The molecule has 1 aliphatic rings. The van der Waals surface area contributed by atoms with Crippen molar-refractivity contribution in [2.45, 2.75) is 0 Å². The molecule has 0 saturated carbocycles. The van der Waals surface area contributed by atoms with Crippen molar-refractivity contribution >= 4 is 17.5 Å². The Morgan fingerprint density at radius 1 is 0.955 bits per heavy atom. The van der Waals surface area contributed by atoms with Gasteiger partial charge in [0.25, 0.3) is 5.91 Å². The predicted octanol–water partition coefficient (Wildman–Crippen LogP) is 2.36. The molecule has 0 bridgehead atoms. The van der Waals surface area contributed by atoms with E-state index < -0.39 is 0 Å². The normalized spacial score (nSPS) is 15.0. The number of benzene rings is 2. The molecule has 3 rings (SSSR count). The summed E-state index contributed by atoms with van der Waals surface area (Å²) in [5.41, 5.74) is 2.33. The van der Waals surface area contributed by atoms with Crippen molar-refractivity contribution < 1.29 is 9.59 Å². The number of nitrogens with zero attached hydrogens (tertiary/aromatic N) is 2. The van der Waals surface area contributed by atoms with Gasteiger partial charge in [-0.2, -0.15) is 0 Å². The van der Waals surface area contributed by atoms with E-state index in [0.29, 0.717) is 18.7 Å². The lowest BCUT2D eigenvalue weighted by Gasteiger charge is -2.34. The second-order valence-electron chi connectivity index (χ2n) is 5.30. The van der Waals surface area contributed by atoms with Gasteiger partial charge in [0.15, 0.2) is 0 Å². The number of carbonyl (C=O) groups is 2. The average Bonchev–Trinajstić information content (AvgIpc) is 2.55. The van der Waals surface area contributed by atoms with Gasteiger partial charge in [0, 0.05) is 24.3 Å². The fourth-order valence-electron chi connectivity index (χ4n) is 2.56. The molecule has 1 aliphatic heterocycles. The zero-order chi connectivity index (χ0) is 15.5. The van der Waals surface area contributed by atoms with Crippen LogP contribution in [0.1, 0.15) is 15.9 Å². The zero-order valence-electron chi connectivity index (χ0n) is 12.2. The van der Waals surface area contributed by atoms with E-state index in [1.54, 1.807) is 34.1 Å². The van der Waals surface area contributed by atoms with Crippen molar-refractivity contribution in [1.29, 1.82) is 0 Å². The van der Waals surface area contributed by atoms with Crippen molar-refractivity contribution in [3.05, 3.63) is 72.6 Å². The minimum Gasteiger partial charge on any atom is -0.328 e. The number of rotatable bonds is 2. The van der Waals surface area contributed by atoms with Gasteiger partial charge in [0.05, 0.1) is 0 Å². The fraction of sp³-hybridized carbons (Fsp3) is 0.167. The van der Waals surface area contributed by atoms with Crippen LogP contribution in [0.4, 0.5) is 5.69 Å². The highest BCUT2D eigenvalue weighted by atomic mass is 16.2. The molecule has 2 aromatic carbocycles. The van der Waals surface area contributed by atoms with Crippen molar-refractivity contribution in [3.8, 4) is 0 Å². The van der Waals surface area contributed by atoms with Gasteiger partial charge in [0.1, 0.15) is 6.54 Å². The fourth-order valence-corrected chi connectivity index (χ4v) is 2.56. The smallest absolute Gasteiger partial charge is 0.254 e. The number of hydrogen-bond donors (Lipinski definition) is 0. The van der Waals surface area contributed by atoms with Crippen LogP contribution in [-0.2, 0) is 4.79 Å². The monoisotopic (exact) mass is 293 g/mol. The largest absolute Gasteiger partial charge is 0.328 e. The summed E-state index contributed by atoms with van der Waals surface area (Å²) in [5.74, 6) is -0.166. The first-order valence-electron chi connectivity index (χ1n) is 7.22. The minimum absolute atomic E-state index is 0.0559. The standard InChI is InChI=1S/C18H17N2O2/c1-14-7-9-15(10-8-14)18(22)19-11-12-20(17(21)13-19)16-5-3-2-4-6-16/h2-10H,1,11-13H2. The Morgan fingerprint density at radius 2 is 1.64 bits per heavy atom. The van der Waals surface area contributed by atoms with Crippen LogP contribution >= 0.6 is 0 Å². The van der Waals surface area contributed by atoms with E-state index in [2.05, 4.69) is 6.92 Å². The molecule has 1 heterocycles. The first-order valence-corrected chi connectivity index (χ1v) is 7.22. The number of hydrogen-bond acceptors (Lipinski definition) is 2. The Kier molecular flexibility index (Phi) is 3.92. The number of amides is 2. The summed E-state index contributed by atoms with van der Waals surface area (Å²) in [7, 11) is 0. The Morgan fingerprint density at radius 3 is 2.27 bits per heavy atom. The van der Waals surface area contributed by atoms with E-state index >= 15 is 0 Å². The average molecular weight is 293 g/mol. The van der Waals surface area contributed by atoms with Crippen LogP contribution in [0, 0.1) is 6.92 Å². The van der Waals surface area contributed by atoms with Crippen LogP contribution < -0.4 is 4.90 Å². The number of para-hydroxylation sites is 1. The molecule has 2 amide bonds. The van der Waals surface area contributed by atoms with Crippen LogP contribution in [0.2, 0.25) is 0 Å². The molecule has 1 radical (unpaired) electrons. The second-order valence-corrected chi connectivity index (χ2v) is 5.30. The highest BCUT2D eigenvalue weighted by molar-refractivity contribution is 6.01. The van der Waals surface area contributed by atoms with Gasteiger partial charge >= 0.3 is 0 Å². The summed E-state index contributed by atoms with van der Waals surface area (Å²) < 4.78 is 0. The summed E-state index contributed by atoms with van der Waals surface area (Å²) in [5, 5.41) is 0. The van der Waals surface area contributed by atoms with E-state index in [4.69, 9.17) is 0 Å². The zero-order valence-corrected chi connectivity index (χ0v) is 12.2. The van der Waals surface area contributed by atoms with Crippen LogP contribution in [0.15, 0.2) is 54.6 Å². The summed E-state index contributed by atoms with van der Waals surface area (Å²) in [4.78, 5) is 28.1. The highest BCUT2D eigenvalue weighted by Crippen LogP contribution is 2.18. The van der Waals surface area contributed by atoms with Crippen molar-refractivity contribution in [3.63, 3.8) is 0 Å². The molecule has 22 heavy (non-hydrogen) atoms. The maximum Gasteiger partial charge on any atom is 0.254 e. The molecular weight excluding hydrogens is 276 g/mol. The van der Waals surface area contributed by atoms with Gasteiger partial charge in [-0.25, -0.2) is 0 Å². The quantitative estimate of drug-likeness (QED) is 0.853. The van der Waals surface area contributed by atoms with E-state index in [1.165, 1.54) is 0 Å². The molecule has 0 atom stereocenters. The maximum absolute atomic E-state index is 12.4. The molecular formula is C18H17N2O2. The highest BCUT2D eigenvalue weighted by Gasteiger charge is 2.28. The number of piperazine rings is 1. The number of anilines is 1. The van der Waals surface area contributed by atoms with Crippen LogP contribution in [0.3, 0.4) is 0 Å². The molecule has 1 saturated heterocycles. The molecule has 111 valence electrons. The molecule has 0 N–H and O–H groups in total. The first-order chi connectivity index (χ1) is 10.6. The third-order valence-corrected chi connectivity index (χ3v) is 3.78. The Balaban J connectivity index is 1.71. The van der Waals surface area contributed by atoms with E-state index in [9.17, 15) is 9.59 Å². The van der Waals surface area contributed by atoms with E-state index in [1.807, 2.05) is 30.3 Å². The maximum atomic E-state index is 12.4. The molecule has 0 aromatic heterocycles. The molecule has 2 aromatic rings. The summed E-state index contributed by atoms with van der Waals surface area (Å²) >= 11 is 0. The molecule has 1 fully saturated rings. The molecule has 0 spiro atoms. The lowest BCUT2D eigenvalue weighted by atomic mass is 10.1. The van der Waals surface area contributed by atoms with Gasteiger partial charge < -0.3 is 9.80 Å². The summed E-state index contributed by atoms with van der Waals surface area (Å²) in [6.45, 7) is 4.96. The molecule has 0 aliphatic carbocycles. The van der Waals surface area contributed by atoms with Crippen molar-refractivity contribution in [2.75, 3.05) is 24.5 Å². The van der Waals surface area contributed by atoms with Crippen LogP contribution in [0.5, 0.6) is 0 Å². The molecule has 4 heteroatoms. The van der Waals surface area contributed by atoms with Gasteiger partial charge in [0.2, 0.25) is 5.91 Å². The van der Waals surface area contributed by atoms with Gasteiger partial charge in [-0.15, -0.1) is 0 Å². The SMILES string of the molecule is [CH2]c1ccc(C(=O)N2CCN(c3ccccc3)C(=O)C2)cc1. The van der Waals surface area contributed by atoms with Crippen molar-refractivity contribution in [2.24, 2.45) is 0 Å². The second kappa shape index (κ2) is 6.02. The van der Waals surface area contributed by atoms with Gasteiger partial charge in [-0.1, -0.05) is 30.3 Å². The third-order valence-electron chi connectivity index (χ3n) is 3.78. The summed E-state index contributed by atoms with van der Waals surface area (Å²) in [6, 6.07) is 16.6. The number of carbonyl (C=O) groups excluding carboxylic acids is 2. The topological polar surface area (TPSA) is 40.6 Å². The molecule has 4 nitrogen and oxygen atoms in total. The minimum atomic E-state index is -0.110. The molecule has 0 unspecified atom stereocenters. The van der Waals surface area contributed by atoms with Gasteiger partial charge in [-0.3, -0.25) is 9.59 Å². The summed E-state index contributed by atoms with van der Waals surface area (Å²) in [6.07, 6.45) is 0. The lowest BCUT2D eigenvalue weighted by molar-refractivity contribution is -0.120. The Bertz CT molecular complexity index is 680. The third kappa shape index (κ3) is 2.86. The van der Waals surface area contributed by atoms with E-state index in [-0.39, 0.29) is 18.4 Å². The Labute approximate surface area is 130 Å². The van der Waals surface area contributed by atoms with Crippen LogP contribution in [0.25, 0.3) is 0 Å². The first kappa shape index (κ1) is 14.3. The predicted molar refractivity (Wildman–Crippen MR) is 85.6 cm³/mol. The van der Waals surface area contributed by atoms with E-state index in [0.717, 1.165) is 11.3 Å². The lowest BCUT2D eigenvalue weighted by Crippen LogP contribution is -2.52. The Hall–Kier alpha value is -2.62. The van der Waals surface area contributed by atoms with Crippen molar-refractivity contribution in [1.82, 2.24) is 4.90 Å². The van der Waals surface area contributed by atoms with Gasteiger partial charge in [-0.05, 0) is 36.8 Å². The van der Waals surface area contributed by atoms with Crippen LogP contribution in [-0.4, -0.2) is 36.3 Å².